The molecule has 0 aliphatic heterocycles. The van der Waals surface area contributed by atoms with Crippen LogP contribution >= 0.6 is 0 Å². The summed E-state index contributed by atoms with van der Waals surface area (Å²) in [4.78, 5) is 24.2. The summed E-state index contributed by atoms with van der Waals surface area (Å²) >= 11 is 0. The van der Waals surface area contributed by atoms with Crippen LogP contribution in [-0.4, -0.2) is 31.1 Å². The highest BCUT2D eigenvalue weighted by Gasteiger charge is 2.22. The Hall–Kier alpha value is -2.08. The first-order chi connectivity index (χ1) is 11.9. The molecular weight excluding hydrogens is 316 g/mol. The highest BCUT2D eigenvalue weighted by molar-refractivity contribution is 5.94. The number of carbonyl (C=O) groups excluding carboxylic acids is 2. The molecule has 6 nitrogen and oxygen atoms in total. The molecule has 4 N–H and O–H groups in total. The third-order valence-electron chi connectivity index (χ3n) is 4.70. The molecule has 6 heteroatoms. The number of nitrogens with one attached hydrogen (secondary N) is 4. The van der Waals surface area contributed by atoms with Crippen LogP contribution in [0.1, 0.15) is 45.1 Å². The van der Waals surface area contributed by atoms with E-state index >= 15 is 0 Å². The molecule has 0 spiro atoms. The first-order valence-corrected chi connectivity index (χ1v) is 9.05. The van der Waals surface area contributed by atoms with E-state index in [9.17, 15) is 9.59 Å². The lowest BCUT2D eigenvalue weighted by Gasteiger charge is -2.29. The van der Waals surface area contributed by atoms with Crippen LogP contribution in [0.2, 0.25) is 0 Å². The monoisotopic (exact) mass is 346 g/mol. The van der Waals surface area contributed by atoms with E-state index in [1.54, 1.807) is 6.07 Å². The number of benzene rings is 1. The van der Waals surface area contributed by atoms with Gasteiger partial charge in [0, 0.05) is 29.4 Å². The molecule has 0 bridgehead atoms. The van der Waals surface area contributed by atoms with Crippen LogP contribution in [0.15, 0.2) is 18.2 Å². The second-order valence-electron chi connectivity index (χ2n) is 7.12. The third kappa shape index (κ3) is 5.74. The van der Waals surface area contributed by atoms with Gasteiger partial charge in [-0.05, 0) is 57.4 Å². The van der Waals surface area contributed by atoms with Gasteiger partial charge in [-0.2, -0.15) is 0 Å². The molecule has 0 saturated heterocycles. The first kappa shape index (κ1) is 19.2. The minimum Gasteiger partial charge on any atom is -0.335 e. The quantitative estimate of drug-likeness (QED) is 0.660. The molecule has 0 aromatic heterocycles. The van der Waals surface area contributed by atoms with Crippen molar-refractivity contribution in [1.82, 2.24) is 10.6 Å². The van der Waals surface area contributed by atoms with Gasteiger partial charge in [0.15, 0.2) is 0 Å². The molecule has 0 radical (unpaired) electrons. The predicted molar refractivity (Wildman–Crippen MR) is 102 cm³/mol. The summed E-state index contributed by atoms with van der Waals surface area (Å²) < 4.78 is 0. The maximum absolute atomic E-state index is 12.3. The number of anilines is 2. The van der Waals surface area contributed by atoms with Gasteiger partial charge < -0.3 is 21.3 Å². The maximum atomic E-state index is 12.3. The number of carbonyl (C=O) groups is 2. The molecule has 1 aromatic carbocycles. The normalized spacial score (nSPS) is 20.2. The number of amides is 3. The van der Waals surface area contributed by atoms with E-state index < -0.39 is 0 Å². The highest BCUT2D eigenvalue weighted by Crippen LogP contribution is 2.22. The number of hydrogen-bond acceptors (Lipinski definition) is 3. The second-order valence-corrected chi connectivity index (χ2v) is 7.12. The average Bonchev–Trinajstić information content (AvgIpc) is 2.57. The summed E-state index contributed by atoms with van der Waals surface area (Å²) in [6.45, 7) is 5.62. The zero-order valence-corrected chi connectivity index (χ0v) is 15.6. The summed E-state index contributed by atoms with van der Waals surface area (Å²) in [6.07, 6.45) is 4.24. The summed E-state index contributed by atoms with van der Waals surface area (Å²) in [5, 5.41) is 12.1. The molecule has 1 fully saturated rings. The fourth-order valence-electron chi connectivity index (χ4n) is 3.05. The van der Waals surface area contributed by atoms with Gasteiger partial charge >= 0.3 is 6.03 Å². The molecule has 1 aliphatic rings. The molecule has 0 heterocycles. The molecule has 1 aromatic rings. The van der Waals surface area contributed by atoms with Crippen molar-refractivity contribution >= 4 is 23.3 Å². The van der Waals surface area contributed by atoms with Crippen molar-refractivity contribution < 1.29 is 9.59 Å². The van der Waals surface area contributed by atoms with Crippen LogP contribution in [0.4, 0.5) is 16.2 Å². The largest absolute Gasteiger partial charge is 0.335 e. The Labute approximate surface area is 150 Å². The van der Waals surface area contributed by atoms with E-state index in [0.29, 0.717) is 17.4 Å². The van der Waals surface area contributed by atoms with Gasteiger partial charge in [-0.3, -0.25) is 4.79 Å². The van der Waals surface area contributed by atoms with Gasteiger partial charge in [0.1, 0.15) is 0 Å². The summed E-state index contributed by atoms with van der Waals surface area (Å²) in [5.74, 6) is -0.132. The van der Waals surface area contributed by atoms with Gasteiger partial charge in [0.25, 0.3) is 0 Å². The molecule has 138 valence electrons. The minimum atomic E-state index is -0.197. The number of aryl methyl sites for hydroxylation is 1. The second kappa shape index (κ2) is 8.85. The van der Waals surface area contributed by atoms with Crippen molar-refractivity contribution in [3.8, 4) is 0 Å². The minimum absolute atomic E-state index is 0.0421. The van der Waals surface area contributed by atoms with Crippen LogP contribution in [0.25, 0.3) is 0 Å². The van der Waals surface area contributed by atoms with E-state index in [4.69, 9.17) is 0 Å². The lowest BCUT2D eigenvalue weighted by Crippen LogP contribution is -2.44. The van der Waals surface area contributed by atoms with Gasteiger partial charge in [-0.25, -0.2) is 4.79 Å². The van der Waals surface area contributed by atoms with E-state index in [1.165, 1.54) is 0 Å². The smallest absolute Gasteiger partial charge is 0.319 e. The Morgan fingerprint density at radius 3 is 2.52 bits per heavy atom. The molecule has 2 rings (SSSR count). The average molecular weight is 346 g/mol. The number of urea groups is 1. The molecule has 1 aliphatic carbocycles. The maximum Gasteiger partial charge on any atom is 0.319 e. The predicted octanol–water partition coefficient (Wildman–Crippen LogP) is 3.24. The molecule has 2 unspecified atom stereocenters. The Morgan fingerprint density at radius 2 is 1.84 bits per heavy atom. The third-order valence-corrected chi connectivity index (χ3v) is 4.70. The first-order valence-electron chi connectivity index (χ1n) is 9.05. The molecule has 3 amide bonds. The lowest BCUT2D eigenvalue weighted by atomic mass is 9.91. The van der Waals surface area contributed by atoms with E-state index in [-0.39, 0.29) is 23.9 Å². The molecular formula is C19H30N4O2. The van der Waals surface area contributed by atoms with Crippen molar-refractivity contribution in [2.75, 3.05) is 17.7 Å². The summed E-state index contributed by atoms with van der Waals surface area (Å²) in [6, 6.07) is 6.00. The molecule has 1 saturated carbocycles. The Balaban J connectivity index is 1.96. The highest BCUT2D eigenvalue weighted by atomic mass is 16.2. The van der Waals surface area contributed by atoms with Gasteiger partial charge in [0.05, 0.1) is 0 Å². The molecule has 2 atom stereocenters. The van der Waals surface area contributed by atoms with Crippen molar-refractivity contribution in [3.63, 3.8) is 0 Å². The lowest BCUT2D eigenvalue weighted by molar-refractivity contribution is -0.118. The van der Waals surface area contributed by atoms with Gasteiger partial charge in [0.2, 0.25) is 5.91 Å². The van der Waals surface area contributed by atoms with Crippen LogP contribution in [0, 0.1) is 12.8 Å². The Kier molecular flexibility index (Phi) is 6.82. The molecule has 25 heavy (non-hydrogen) atoms. The van der Waals surface area contributed by atoms with Crippen molar-refractivity contribution in [1.29, 1.82) is 0 Å². The Morgan fingerprint density at radius 1 is 1.12 bits per heavy atom. The van der Waals surface area contributed by atoms with Crippen LogP contribution in [0.5, 0.6) is 0 Å². The summed E-state index contributed by atoms with van der Waals surface area (Å²) in [7, 11) is 1.97. The van der Waals surface area contributed by atoms with Crippen molar-refractivity contribution in [2.45, 2.75) is 58.5 Å². The standard InChI is InChI=1S/C19H30N4O2/c1-12(2)18(24)21-16-9-8-13(3)17(11-16)23-19(25)22-15-7-5-6-14(10-15)20-4/h8-9,11-12,14-15,20H,5-7,10H2,1-4H3,(H,21,24)(H2,22,23,25). The van der Waals surface area contributed by atoms with Gasteiger partial charge in [-0.1, -0.05) is 19.9 Å². The topological polar surface area (TPSA) is 82.3 Å². The fourth-order valence-corrected chi connectivity index (χ4v) is 3.05. The zero-order chi connectivity index (χ0) is 18.4. The number of rotatable bonds is 5. The van der Waals surface area contributed by atoms with E-state index in [0.717, 1.165) is 31.2 Å². The van der Waals surface area contributed by atoms with Crippen LogP contribution in [-0.2, 0) is 4.79 Å². The van der Waals surface area contributed by atoms with E-state index in [1.807, 2.05) is 40.0 Å². The van der Waals surface area contributed by atoms with Crippen LogP contribution < -0.4 is 21.3 Å². The van der Waals surface area contributed by atoms with Crippen molar-refractivity contribution in [2.24, 2.45) is 5.92 Å². The van der Waals surface area contributed by atoms with E-state index in [2.05, 4.69) is 21.3 Å². The van der Waals surface area contributed by atoms with Crippen molar-refractivity contribution in [3.05, 3.63) is 23.8 Å². The van der Waals surface area contributed by atoms with Gasteiger partial charge in [-0.15, -0.1) is 0 Å². The Bertz CT molecular complexity index is 615. The number of hydrogen-bond donors (Lipinski definition) is 4. The fraction of sp³-hybridized carbons (Fsp3) is 0.579. The summed E-state index contributed by atoms with van der Waals surface area (Å²) in [5.41, 5.74) is 2.35. The SMILES string of the molecule is CNC1CCCC(NC(=O)Nc2cc(NC(=O)C(C)C)ccc2C)C1. The zero-order valence-electron chi connectivity index (χ0n) is 15.6. The van der Waals surface area contributed by atoms with Crippen LogP contribution in [0.3, 0.4) is 0 Å².